The van der Waals surface area contributed by atoms with Gasteiger partial charge in [-0.3, -0.25) is 14.4 Å². The van der Waals surface area contributed by atoms with Crippen LogP contribution in [-0.2, 0) is 18.4 Å². The molecular formula is C14H23N3O2. The van der Waals surface area contributed by atoms with Gasteiger partial charge in [-0.25, -0.2) is 0 Å². The minimum atomic E-state index is -0.639. The summed E-state index contributed by atoms with van der Waals surface area (Å²) in [6.45, 7) is 4.42. The zero-order valence-electron chi connectivity index (χ0n) is 11.8. The molecule has 0 amide bonds. The molecule has 0 spiro atoms. The Morgan fingerprint density at radius 3 is 2.95 bits per heavy atom. The summed E-state index contributed by atoms with van der Waals surface area (Å²) < 4.78 is 1.79. The van der Waals surface area contributed by atoms with Crippen molar-refractivity contribution < 1.29 is 9.90 Å². The van der Waals surface area contributed by atoms with Crippen molar-refractivity contribution in [2.45, 2.75) is 39.2 Å². The van der Waals surface area contributed by atoms with Crippen LogP contribution in [0.2, 0.25) is 0 Å². The molecule has 2 heterocycles. The number of likely N-dealkylation sites (tertiary alicyclic amines) is 1. The van der Waals surface area contributed by atoms with Gasteiger partial charge in [-0.15, -0.1) is 0 Å². The standard InChI is InChI=1S/C14H23N3O2/c1-3-6-14(13(18)19)7-4-8-17(11-14)10-12-5-9-16(2)15-12/h5,9H,3-4,6-8,10-11H2,1-2H3,(H,18,19). The van der Waals surface area contributed by atoms with Crippen molar-refractivity contribution in [1.29, 1.82) is 0 Å². The highest BCUT2D eigenvalue weighted by Crippen LogP contribution is 2.35. The summed E-state index contributed by atoms with van der Waals surface area (Å²) in [7, 11) is 1.90. The highest BCUT2D eigenvalue weighted by Gasteiger charge is 2.41. The van der Waals surface area contributed by atoms with E-state index in [1.54, 1.807) is 4.68 Å². The van der Waals surface area contributed by atoms with Crippen LogP contribution in [0, 0.1) is 5.41 Å². The second kappa shape index (κ2) is 5.74. The molecule has 1 saturated heterocycles. The zero-order chi connectivity index (χ0) is 13.9. The first kappa shape index (κ1) is 14.1. The van der Waals surface area contributed by atoms with Crippen molar-refractivity contribution in [2.75, 3.05) is 13.1 Å². The van der Waals surface area contributed by atoms with Gasteiger partial charge in [-0.2, -0.15) is 5.10 Å². The molecule has 106 valence electrons. The first-order chi connectivity index (χ1) is 9.05. The molecule has 1 aliphatic rings. The number of aromatic nitrogens is 2. The lowest BCUT2D eigenvalue weighted by Gasteiger charge is -2.39. The van der Waals surface area contributed by atoms with Gasteiger partial charge in [0.05, 0.1) is 11.1 Å². The zero-order valence-corrected chi connectivity index (χ0v) is 11.8. The van der Waals surface area contributed by atoms with Crippen LogP contribution >= 0.6 is 0 Å². The molecule has 1 atom stereocenters. The largest absolute Gasteiger partial charge is 0.481 e. The maximum absolute atomic E-state index is 11.6. The van der Waals surface area contributed by atoms with E-state index in [2.05, 4.69) is 16.9 Å². The number of piperidine rings is 1. The molecule has 0 aromatic carbocycles. The Labute approximate surface area is 114 Å². The van der Waals surface area contributed by atoms with Crippen LogP contribution in [0.4, 0.5) is 0 Å². The highest BCUT2D eigenvalue weighted by molar-refractivity contribution is 5.75. The summed E-state index contributed by atoms with van der Waals surface area (Å²) in [4.78, 5) is 13.9. The normalized spacial score (nSPS) is 24.5. The van der Waals surface area contributed by atoms with E-state index in [-0.39, 0.29) is 0 Å². The highest BCUT2D eigenvalue weighted by atomic mass is 16.4. The molecule has 0 radical (unpaired) electrons. The molecule has 1 aliphatic heterocycles. The summed E-state index contributed by atoms with van der Waals surface area (Å²) in [5.41, 5.74) is 0.460. The fourth-order valence-corrected chi connectivity index (χ4v) is 3.10. The maximum atomic E-state index is 11.6. The van der Waals surface area contributed by atoms with Crippen LogP contribution in [0.25, 0.3) is 0 Å². The predicted octanol–water partition coefficient (Wildman–Crippen LogP) is 1.89. The fourth-order valence-electron chi connectivity index (χ4n) is 3.10. The molecule has 5 heteroatoms. The quantitative estimate of drug-likeness (QED) is 0.883. The van der Waals surface area contributed by atoms with E-state index >= 15 is 0 Å². The average Bonchev–Trinajstić information content (AvgIpc) is 2.75. The van der Waals surface area contributed by atoms with E-state index in [0.29, 0.717) is 6.54 Å². The monoisotopic (exact) mass is 265 g/mol. The van der Waals surface area contributed by atoms with E-state index in [9.17, 15) is 9.90 Å². The molecule has 1 aromatic rings. The van der Waals surface area contributed by atoms with E-state index < -0.39 is 11.4 Å². The lowest BCUT2D eigenvalue weighted by Crippen LogP contribution is -2.47. The second-order valence-corrected chi connectivity index (χ2v) is 5.63. The Bertz CT molecular complexity index is 440. The van der Waals surface area contributed by atoms with Crippen LogP contribution < -0.4 is 0 Å². The second-order valence-electron chi connectivity index (χ2n) is 5.63. The van der Waals surface area contributed by atoms with Crippen LogP contribution in [0.3, 0.4) is 0 Å². The number of carboxylic acid groups (broad SMARTS) is 1. The fraction of sp³-hybridized carbons (Fsp3) is 0.714. The number of hydrogen-bond acceptors (Lipinski definition) is 3. The van der Waals surface area contributed by atoms with Gasteiger partial charge in [0.25, 0.3) is 0 Å². The Morgan fingerprint density at radius 2 is 2.37 bits per heavy atom. The third-order valence-corrected chi connectivity index (χ3v) is 3.99. The molecule has 1 fully saturated rings. The smallest absolute Gasteiger partial charge is 0.310 e. The van der Waals surface area contributed by atoms with Gasteiger partial charge in [0.2, 0.25) is 0 Å². The minimum Gasteiger partial charge on any atom is -0.481 e. The Hall–Kier alpha value is -1.36. The molecule has 2 rings (SSSR count). The van der Waals surface area contributed by atoms with Crippen LogP contribution in [0.15, 0.2) is 12.3 Å². The third kappa shape index (κ3) is 3.15. The summed E-state index contributed by atoms with van der Waals surface area (Å²) in [6.07, 6.45) is 5.37. The summed E-state index contributed by atoms with van der Waals surface area (Å²) >= 11 is 0. The summed E-state index contributed by atoms with van der Waals surface area (Å²) in [6, 6.07) is 2.00. The average molecular weight is 265 g/mol. The predicted molar refractivity (Wildman–Crippen MR) is 72.7 cm³/mol. The lowest BCUT2D eigenvalue weighted by molar-refractivity contribution is -0.153. The number of aryl methyl sites for hydroxylation is 1. The molecule has 0 saturated carbocycles. The van der Waals surface area contributed by atoms with E-state index in [1.807, 2.05) is 19.3 Å². The Balaban J connectivity index is 2.05. The van der Waals surface area contributed by atoms with Crippen LogP contribution in [0.5, 0.6) is 0 Å². The molecule has 0 bridgehead atoms. The summed E-state index contributed by atoms with van der Waals surface area (Å²) in [5, 5.41) is 13.9. The number of aliphatic carboxylic acids is 1. The van der Waals surface area contributed by atoms with Crippen molar-refractivity contribution in [3.63, 3.8) is 0 Å². The van der Waals surface area contributed by atoms with Gasteiger partial charge in [-0.05, 0) is 31.9 Å². The first-order valence-electron chi connectivity index (χ1n) is 7.00. The summed E-state index contributed by atoms with van der Waals surface area (Å²) in [5.74, 6) is -0.639. The lowest BCUT2D eigenvalue weighted by atomic mass is 9.76. The van der Waals surface area contributed by atoms with Crippen molar-refractivity contribution >= 4 is 5.97 Å². The van der Waals surface area contributed by atoms with Gasteiger partial charge in [0, 0.05) is 26.3 Å². The first-order valence-corrected chi connectivity index (χ1v) is 7.00. The third-order valence-electron chi connectivity index (χ3n) is 3.99. The Morgan fingerprint density at radius 1 is 1.58 bits per heavy atom. The molecule has 5 nitrogen and oxygen atoms in total. The maximum Gasteiger partial charge on any atom is 0.310 e. The van der Waals surface area contributed by atoms with Crippen molar-refractivity contribution in [3.05, 3.63) is 18.0 Å². The number of carboxylic acids is 1. The Kier molecular flexibility index (Phi) is 4.24. The van der Waals surface area contributed by atoms with E-state index in [4.69, 9.17) is 0 Å². The topological polar surface area (TPSA) is 58.4 Å². The van der Waals surface area contributed by atoms with E-state index in [1.165, 1.54) is 0 Å². The number of rotatable bonds is 5. The van der Waals surface area contributed by atoms with Gasteiger partial charge in [-0.1, -0.05) is 13.3 Å². The molecule has 19 heavy (non-hydrogen) atoms. The molecular weight excluding hydrogens is 242 g/mol. The van der Waals surface area contributed by atoms with Gasteiger partial charge in [0.1, 0.15) is 0 Å². The van der Waals surface area contributed by atoms with Crippen LogP contribution in [0.1, 0.15) is 38.3 Å². The van der Waals surface area contributed by atoms with Gasteiger partial charge >= 0.3 is 5.97 Å². The van der Waals surface area contributed by atoms with Gasteiger partial charge in [0.15, 0.2) is 0 Å². The molecule has 0 aliphatic carbocycles. The molecule has 1 unspecified atom stereocenters. The number of hydrogen-bond donors (Lipinski definition) is 1. The van der Waals surface area contributed by atoms with Crippen molar-refractivity contribution in [3.8, 4) is 0 Å². The number of carbonyl (C=O) groups is 1. The molecule has 1 aromatic heterocycles. The van der Waals surface area contributed by atoms with Crippen LogP contribution in [-0.4, -0.2) is 38.8 Å². The minimum absolute atomic E-state index is 0.554. The number of nitrogens with zero attached hydrogens (tertiary/aromatic N) is 3. The van der Waals surface area contributed by atoms with Crippen molar-refractivity contribution in [2.24, 2.45) is 12.5 Å². The SMILES string of the molecule is CCCC1(C(=O)O)CCCN(Cc2ccn(C)n2)C1. The van der Waals surface area contributed by atoms with E-state index in [0.717, 1.165) is 44.5 Å². The molecule has 1 N–H and O–H groups in total. The van der Waals surface area contributed by atoms with Gasteiger partial charge < -0.3 is 5.11 Å². The van der Waals surface area contributed by atoms with Crippen molar-refractivity contribution in [1.82, 2.24) is 14.7 Å².